The van der Waals surface area contributed by atoms with Gasteiger partial charge in [0.1, 0.15) is 0 Å². The highest BCUT2D eigenvalue weighted by Gasteiger charge is 2.46. The Labute approximate surface area is 115 Å². The highest BCUT2D eigenvalue weighted by Crippen LogP contribution is 2.33. The van der Waals surface area contributed by atoms with E-state index in [1.165, 1.54) is 0 Å². The molecule has 1 N–H and O–H groups in total. The van der Waals surface area contributed by atoms with Crippen LogP contribution in [0.25, 0.3) is 0 Å². The van der Waals surface area contributed by atoms with Gasteiger partial charge in [-0.05, 0) is 33.6 Å². The monoisotopic (exact) mass is 271 g/mol. The molecule has 19 heavy (non-hydrogen) atoms. The molecule has 0 bridgehead atoms. The Kier molecular flexibility index (Phi) is 5.79. The van der Waals surface area contributed by atoms with Crippen molar-refractivity contribution in [2.75, 3.05) is 13.2 Å². The topological polar surface area (TPSA) is 64.6 Å². The Morgan fingerprint density at radius 2 is 1.26 bits per heavy atom. The molecule has 5 heteroatoms. The number of nitrogens with one attached hydrogen (secondary N) is 1. The van der Waals surface area contributed by atoms with Crippen molar-refractivity contribution in [2.24, 2.45) is 17.8 Å². The molecule has 1 aliphatic rings. The van der Waals surface area contributed by atoms with E-state index < -0.39 is 0 Å². The predicted molar refractivity (Wildman–Crippen MR) is 71.5 cm³/mol. The van der Waals surface area contributed by atoms with Crippen LogP contribution < -0.4 is 5.32 Å². The van der Waals surface area contributed by atoms with Gasteiger partial charge in [0.15, 0.2) is 0 Å². The van der Waals surface area contributed by atoms with E-state index in [1.807, 2.05) is 20.8 Å². The highest BCUT2D eigenvalue weighted by atomic mass is 16.5. The second-order valence-electron chi connectivity index (χ2n) is 5.16. The zero-order chi connectivity index (χ0) is 14.6. The van der Waals surface area contributed by atoms with Gasteiger partial charge < -0.3 is 14.8 Å². The molecule has 1 rings (SSSR count). The minimum absolute atomic E-state index is 0.00488. The molecule has 1 unspecified atom stereocenters. The first-order chi connectivity index (χ1) is 8.93. The van der Waals surface area contributed by atoms with Crippen LogP contribution in [0.4, 0.5) is 0 Å². The number of esters is 2. The maximum atomic E-state index is 12.0. The summed E-state index contributed by atoms with van der Waals surface area (Å²) in [5, 5.41) is 3.29. The maximum Gasteiger partial charge on any atom is 0.310 e. The van der Waals surface area contributed by atoms with Gasteiger partial charge in [-0.25, -0.2) is 0 Å². The third kappa shape index (κ3) is 3.47. The first-order valence-electron chi connectivity index (χ1n) is 7.03. The van der Waals surface area contributed by atoms with E-state index in [0.717, 1.165) is 0 Å². The lowest BCUT2D eigenvalue weighted by atomic mass is 9.72. The van der Waals surface area contributed by atoms with Gasteiger partial charge in [-0.3, -0.25) is 9.59 Å². The summed E-state index contributed by atoms with van der Waals surface area (Å²) in [7, 11) is 0. The van der Waals surface area contributed by atoms with Crippen molar-refractivity contribution >= 4 is 11.9 Å². The molecule has 0 aliphatic carbocycles. The fraction of sp³-hybridized carbons (Fsp3) is 0.857. The van der Waals surface area contributed by atoms with Crippen LogP contribution in [0.3, 0.4) is 0 Å². The quantitative estimate of drug-likeness (QED) is 0.782. The van der Waals surface area contributed by atoms with Gasteiger partial charge in [0.25, 0.3) is 0 Å². The van der Waals surface area contributed by atoms with Crippen LogP contribution in [0.15, 0.2) is 0 Å². The van der Waals surface area contributed by atoms with Gasteiger partial charge in [-0.2, -0.15) is 0 Å². The van der Waals surface area contributed by atoms with Crippen molar-refractivity contribution in [1.29, 1.82) is 0 Å². The standard InChI is InChI=1S/C14H25NO4/c1-6-18-13(16)11-8(3)12(14(17)19-7-2)10(5)15-9(11)4/h8-12,15H,6-7H2,1-5H3/t8?,9-,10+,11+,12-. The van der Waals surface area contributed by atoms with Crippen molar-refractivity contribution in [1.82, 2.24) is 5.32 Å². The molecule has 0 aromatic carbocycles. The average Bonchev–Trinajstić information content (AvgIpc) is 2.28. The fourth-order valence-corrected chi connectivity index (χ4v) is 3.07. The molecular weight excluding hydrogens is 246 g/mol. The molecule has 1 saturated heterocycles. The number of piperidine rings is 1. The first-order valence-corrected chi connectivity index (χ1v) is 7.03. The van der Waals surface area contributed by atoms with Crippen molar-refractivity contribution in [3.8, 4) is 0 Å². The fourth-order valence-electron chi connectivity index (χ4n) is 3.07. The first kappa shape index (κ1) is 16.0. The number of ether oxygens (including phenoxy) is 2. The Morgan fingerprint density at radius 3 is 1.58 bits per heavy atom. The normalized spacial score (nSPS) is 34.7. The summed E-state index contributed by atoms with van der Waals surface area (Å²) in [4.78, 5) is 24.1. The lowest BCUT2D eigenvalue weighted by Crippen LogP contribution is -2.58. The maximum absolute atomic E-state index is 12.0. The third-order valence-corrected chi connectivity index (χ3v) is 3.85. The number of hydrogen-bond donors (Lipinski definition) is 1. The van der Waals surface area contributed by atoms with Crippen LogP contribution in [-0.4, -0.2) is 37.2 Å². The number of carbonyl (C=O) groups excluding carboxylic acids is 2. The number of hydrogen-bond acceptors (Lipinski definition) is 5. The summed E-state index contributed by atoms with van der Waals surface area (Å²) in [5.41, 5.74) is 0. The molecule has 0 aromatic rings. The van der Waals surface area contributed by atoms with Gasteiger partial charge in [-0.15, -0.1) is 0 Å². The smallest absolute Gasteiger partial charge is 0.310 e. The molecule has 110 valence electrons. The second-order valence-corrected chi connectivity index (χ2v) is 5.16. The van der Waals surface area contributed by atoms with E-state index in [-0.39, 0.29) is 41.8 Å². The van der Waals surface area contributed by atoms with Gasteiger partial charge in [0, 0.05) is 12.1 Å². The van der Waals surface area contributed by atoms with Gasteiger partial charge >= 0.3 is 11.9 Å². The van der Waals surface area contributed by atoms with Crippen molar-refractivity contribution in [3.63, 3.8) is 0 Å². The molecule has 1 fully saturated rings. The second kappa shape index (κ2) is 6.89. The van der Waals surface area contributed by atoms with Crippen LogP contribution in [0.5, 0.6) is 0 Å². The molecule has 5 atom stereocenters. The minimum Gasteiger partial charge on any atom is -0.466 e. The van der Waals surface area contributed by atoms with Crippen LogP contribution in [-0.2, 0) is 19.1 Å². The van der Waals surface area contributed by atoms with Gasteiger partial charge in [-0.1, -0.05) is 6.92 Å². The van der Waals surface area contributed by atoms with Crippen LogP contribution >= 0.6 is 0 Å². The van der Waals surface area contributed by atoms with E-state index >= 15 is 0 Å². The Bertz CT molecular complexity index is 301. The minimum atomic E-state index is -0.314. The van der Waals surface area contributed by atoms with Crippen LogP contribution in [0, 0.1) is 17.8 Å². The zero-order valence-corrected chi connectivity index (χ0v) is 12.4. The summed E-state index contributed by atoms with van der Waals surface area (Å²) >= 11 is 0. The summed E-state index contributed by atoms with van der Waals surface area (Å²) in [6.45, 7) is 10.1. The molecule has 0 spiro atoms. The molecule has 1 heterocycles. The predicted octanol–water partition coefficient (Wildman–Crippen LogP) is 1.36. The molecule has 1 aliphatic heterocycles. The highest BCUT2D eigenvalue weighted by molar-refractivity contribution is 5.78. The summed E-state index contributed by atoms with van der Waals surface area (Å²) in [6.07, 6.45) is 0. The number of carbonyl (C=O) groups is 2. The summed E-state index contributed by atoms with van der Waals surface area (Å²) in [5.74, 6) is -1.20. The van der Waals surface area contributed by atoms with Gasteiger partial charge in [0.05, 0.1) is 25.0 Å². The van der Waals surface area contributed by atoms with Crippen LogP contribution in [0.1, 0.15) is 34.6 Å². The molecule has 0 saturated carbocycles. The molecule has 5 nitrogen and oxygen atoms in total. The SMILES string of the molecule is CCOC(=O)[C@@H]1C(C)[C@H](C(=O)OCC)[C@@H](C)N[C@H]1C. The van der Waals surface area contributed by atoms with E-state index in [1.54, 1.807) is 13.8 Å². The lowest BCUT2D eigenvalue weighted by molar-refractivity contribution is -0.160. The Balaban J connectivity index is 2.89. The average molecular weight is 271 g/mol. The Hall–Kier alpha value is -1.10. The summed E-state index contributed by atoms with van der Waals surface area (Å²) in [6, 6.07) is -0.00977. The van der Waals surface area contributed by atoms with Crippen molar-refractivity contribution < 1.29 is 19.1 Å². The van der Waals surface area contributed by atoms with Gasteiger partial charge in [0.2, 0.25) is 0 Å². The molecule has 0 radical (unpaired) electrons. The van der Waals surface area contributed by atoms with E-state index in [2.05, 4.69) is 5.32 Å². The number of rotatable bonds is 4. The zero-order valence-electron chi connectivity index (χ0n) is 12.4. The van der Waals surface area contributed by atoms with E-state index in [0.29, 0.717) is 13.2 Å². The van der Waals surface area contributed by atoms with Crippen molar-refractivity contribution in [2.45, 2.75) is 46.7 Å². The van der Waals surface area contributed by atoms with Crippen LogP contribution in [0.2, 0.25) is 0 Å². The van der Waals surface area contributed by atoms with Crippen molar-refractivity contribution in [3.05, 3.63) is 0 Å². The lowest BCUT2D eigenvalue weighted by Gasteiger charge is -2.42. The third-order valence-electron chi connectivity index (χ3n) is 3.85. The molecule has 0 amide bonds. The largest absolute Gasteiger partial charge is 0.466 e. The van der Waals surface area contributed by atoms with E-state index in [4.69, 9.17) is 9.47 Å². The summed E-state index contributed by atoms with van der Waals surface area (Å²) < 4.78 is 10.2. The van der Waals surface area contributed by atoms with E-state index in [9.17, 15) is 9.59 Å². The molecule has 0 aromatic heterocycles. The molecular formula is C14H25NO4. The Morgan fingerprint density at radius 1 is 0.895 bits per heavy atom.